The molecule has 3 aromatic rings. The van der Waals surface area contributed by atoms with E-state index in [1.807, 2.05) is 53.1 Å². The molecule has 1 aromatic heterocycles. The molecule has 0 fully saturated rings. The molecule has 0 atom stereocenters. The van der Waals surface area contributed by atoms with E-state index in [1.54, 1.807) is 0 Å². The maximum Gasteiger partial charge on any atom is 0.218 e. The van der Waals surface area contributed by atoms with Crippen LogP contribution in [-0.4, -0.2) is 9.55 Å². The van der Waals surface area contributed by atoms with Gasteiger partial charge in [-0.15, -0.1) is 24.8 Å². The lowest BCUT2D eigenvalue weighted by Gasteiger charge is -2.08. The summed E-state index contributed by atoms with van der Waals surface area (Å²) >= 11 is 5.90. The van der Waals surface area contributed by atoms with Crippen molar-refractivity contribution in [1.82, 2.24) is 9.55 Å². The second-order valence-electron chi connectivity index (χ2n) is 4.28. The number of hydrogen-bond acceptors (Lipinski definition) is 3. The van der Waals surface area contributed by atoms with E-state index in [-0.39, 0.29) is 24.8 Å². The molecule has 4 nitrogen and oxygen atoms in total. The fourth-order valence-electron chi connectivity index (χ4n) is 2.12. The Morgan fingerprint density at radius 1 is 1.05 bits per heavy atom. The van der Waals surface area contributed by atoms with Gasteiger partial charge in [-0.1, -0.05) is 35.9 Å². The molecule has 21 heavy (non-hydrogen) atoms. The Morgan fingerprint density at radius 3 is 2.38 bits per heavy atom. The van der Waals surface area contributed by atoms with Gasteiger partial charge in [-0.05, 0) is 29.8 Å². The monoisotopic (exact) mass is 344 g/mol. The van der Waals surface area contributed by atoms with E-state index < -0.39 is 0 Å². The van der Waals surface area contributed by atoms with Crippen molar-refractivity contribution in [3.8, 4) is 0 Å². The average molecular weight is 346 g/mol. The quantitative estimate of drug-likeness (QED) is 0.560. The molecule has 0 bridgehead atoms. The van der Waals surface area contributed by atoms with E-state index >= 15 is 0 Å². The zero-order chi connectivity index (χ0) is 13.2. The fourth-order valence-corrected chi connectivity index (χ4v) is 2.24. The van der Waals surface area contributed by atoms with Gasteiger partial charge in [-0.25, -0.2) is 10.8 Å². The summed E-state index contributed by atoms with van der Waals surface area (Å²) in [7, 11) is 0. The first-order valence-electron chi connectivity index (χ1n) is 5.94. The highest BCUT2D eigenvalue weighted by Crippen LogP contribution is 2.21. The Labute approximate surface area is 140 Å². The standard InChI is InChI=1S/C14H13ClN4.2ClH/c15-11-7-5-10(6-8-11)9-19-13-4-2-1-3-12(13)17-14(19)18-16;;/h1-8H,9,16H2,(H,17,18);2*1H. The molecule has 0 aliphatic rings. The number of para-hydroxylation sites is 2. The van der Waals surface area contributed by atoms with E-state index in [0.29, 0.717) is 12.5 Å². The third kappa shape index (κ3) is 3.60. The fraction of sp³-hybridized carbons (Fsp3) is 0.0714. The van der Waals surface area contributed by atoms with Crippen LogP contribution in [0.1, 0.15) is 5.56 Å². The Balaban J connectivity index is 0.00000110. The summed E-state index contributed by atoms with van der Waals surface area (Å²) in [6.45, 7) is 0.692. The zero-order valence-electron chi connectivity index (χ0n) is 11.0. The van der Waals surface area contributed by atoms with Crippen molar-refractivity contribution >= 4 is 53.4 Å². The molecular formula is C14H15Cl3N4. The molecule has 2 aromatic carbocycles. The number of nitrogens with two attached hydrogens (primary N) is 1. The van der Waals surface area contributed by atoms with Crippen LogP contribution in [0.2, 0.25) is 5.02 Å². The topological polar surface area (TPSA) is 55.9 Å². The third-order valence-corrected chi connectivity index (χ3v) is 3.29. The SMILES string of the molecule is Cl.Cl.NNc1nc2ccccc2n1Cc1ccc(Cl)cc1. The van der Waals surface area contributed by atoms with Gasteiger partial charge < -0.3 is 4.57 Å². The van der Waals surface area contributed by atoms with Gasteiger partial charge in [0.2, 0.25) is 5.95 Å². The van der Waals surface area contributed by atoms with E-state index in [9.17, 15) is 0 Å². The highest BCUT2D eigenvalue weighted by molar-refractivity contribution is 6.30. The maximum absolute atomic E-state index is 5.90. The molecule has 0 aliphatic heterocycles. The van der Waals surface area contributed by atoms with Gasteiger partial charge in [0.05, 0.1) is 17.6 Å². The Morgan fingerprint density at radius 2 is 1.71 bits per heavy atom. The van der Waals surface area contributed by atoms with Gasteiger partial charge in [0, 0.05) is 5.02 Å². The first-order chi connectivity index (χ1) is 9.28. The van der Waals surface area contributed by atoms with Crippen molar-refractivity contribution in [3.05, 3.63) is 59.1 Å². The van der Waals surface area contributed by atoms with Gasteiger partial charge in [0.15, 0.2) is 0 Å². The number of nitrogen functional groups attached to an aromatic ring is 1. The molecule has 1 heterocycles. The second kappa shape index (κ2) is 7.52. The zero-order valence-corrected chi connectivity index (χ0v) is 13.4. The number of nitrogens with one attached hydrogen (secondary N) is 1. The minimum atomic E-state index is 0. The summed E-state index contributed by atoms with van der Waals surface area (Å²) in [5.74, 6) is 6.19. The number of hydrazine groups is 1. The van der Waals surface area contributed by atoms with E-state index in [1.165, 1.54) is 0 Å². The maximum atomic E-state index is 5.90. The number of halogens is 3. The molecule has 0 saturated heterocycles. The summed E-state index contributed by atoms with van der Waals surface area (Å²) in [5, 5.41) is 0.733. The van der Waals surface area contributed by atoms with Gasteiger partial charge in [-0.2, -0.15) is 0 Å². The van der Waals surface area contributed by atoms with Crippen LogP contribution in [0.25, 0.3) is 11.0 Å². The van der Waals surface area contributed by atoms with Crippen LogP contribution in [0.4, 0.5) is 5.95 Å². The van der Waals surface area contributed by atoms with Gasteiger partial charge in [0.25, 0.3) is 0 Å². The Hall–Kier alpha value is -1.46. The van der Waals surface area contributed by atoms with Crippen molar-refractivity contribution in [2.24, 2.45) is 5.84 Å². The predicted molar refractivity (Wildman–Crippen MR) is 92.6 cm³/mol. The van der Waals surface area contributed by atoms with Crippen molar-refractivity contribution in [3.63, 3.8) is 0 Å². The van der Waals surface area contributed by atoms with Crippen molar-refractivity contribution < 1.29 is 0 Å². The minimum Gasteiger partial charge on any atom is -0.305 e. The Kier molecular flexibility index (Phi) is 6.30. The number of benzene rings is 2. The number of imidazole rings is 1. The number of anilines is 1. The number of rotatable bonds is 3. The molecule has 0 spiro atoms. The number of aromatic nitrogens is 2. The van der Waals surface area contributed by atoms with Crippen LogP contribution >= 0.6 is 36.4 Å². The lowest BCUT2D eigenvalue weighted by atomic mass is 10.2. The first-order valence-corrected chi connectivity index (χ1v) is 6.32. The van der Waals surface area contributed by atoms with Crippen molar-refractivity contribution in [1.29, 1.82) is 0 Å². The van der Waals surface area contributed by atoms with E-state index in [2.05, 4.69) is 10.4 Å². The molecule has 0 saturated carbocycles. The van der Waals surface area contributed by atoms with Crippen LogP contribution < -0.4 is 11.3 Å². The third-order valence-electron chi connectivity index (χ3n) is 3.04. The lowest BCUT2D eigenvalue weighted by Crippen LogP contribution is -2.13. The molecule has 0 unspecified atom stereocenters. The summed E-state index contributed by atoms with van der Waals surface area (Å²) in [6.07, 6.45) is 0. The molecule has 3 rings (SSSR count). The molecule has 0 aliphatic carbocycles. The highest BCUT2D eigenvalue weighted by atomic mass is 35.5. The minimum absolute atomic E-state index is 0. The summed E-state index contributed by atoms with van der Waals surface area (Å²) in [6, 6.07) is 15.7. The van der Waals surface area contributed by atoms with Crippen LogP contribution in [-0.2, 0) is 6.54 Å². The number of hydrogen-bond donors (Lipinski definition) is 2. The Bertz CT molecular complexity index is 710. The van der Waals surface area contributed by atoms with Crippen molar-refractivity contribution in [2.75, 3.05) is 5.43 Å². The predicted octanol–water partition coefficient (Wildman–Crippen LogP) is 3.87. The normalized spacial score (nSPS) is 9.81. The second-order valence-corrected chi connectivity index (χ2v) is 4.72. The highest BCUT2D eigenvalue weighted by Gasteiger charge is 2.09. The molecule has 3 N–H and O–H groups in total. The summed E-state index contributed by atoms with van der Waals surface area (Å²) < 4.78 is 2.04. The first kappa shape index (κ1) is 17.6. The molecule has 0 radical (unpaired) electrons. The average Bonchev–Trinajstić information content (AvgIpc) is 2.79. The van der Waals surface area contributed by atoms with Gasteiger partial charge >= 0.3 is 0 Å². The smallest absolute Gasteiger partial charge is 0.218 e. The largest absolute Gasteiger partial charge is 0.305 e. The van der Waals surface area contributed by atoms with E-state index in [0.717, 1.165) is 21.6 Å². The molecule has 7 heteroatoms. The number of nitrogens with zero attached hydrogens (tertiary/aromatic N) is 2. The molecule has 0 amide bonds. The summed E-state index contributed by atoms with van der Waals surface area (Å²) in [4.78, 5) is 4.45. The van der Waals surface area contributed by atoms with Crippen LogP contribution in [0.15, 0.2) is 48.5 Å². The van der Waals surface area contributed by atoms with Crippen LogP contribution in [0, 0.1) is 0 Å². The van der Waals surface area contributed by atoms with Gasteiger partial charge in [-0.3, -0.25) is 5.43 Å². The summed E-state index contributed by atoms with van der Waals surface area (Å²) in [5.41, 5.74) is 5.75. The van der Waals surface area contributed by atoms with Crippen LogP contribution in [0.3, 0.4) is 0 Å². The van der Waals surface area contributed by atoms with E-state index in [4.69, 9.17) is 17.4 Å². The number of fused-ring (bicyclic) bond motifs is 1. The van der Waals surface area contributed by atoms with Gasteiger partial charge in [0.1, 0.15) is 0 Å². The molecule has 112 valence electrons. The van der Waals surface area contributed by atoms with Crippen LogP contribution in [0.5, 0.6) is 0 Å². The molecular weight excluding hydrogens is 331 g/mol. The lowest BCUT2D eigenvalue weighted by molar-refractivity contribution is 0.827. The van der Waals surface area contributed by atoms with Crippen molar-refractivity contribution in [2.45, 2.75) is 6.54 Å².